The second-order valence-electron chi connectivity index (χ2n) is 6.95. The van der Waals surface area contributed by atoms with Crippen LogP contribution in [0.2, 0.25) is 0 Å². The molecule has 1 saturated heterocycles. The van der Waals surface area contributed by atoms with Gasteiger partial charge in [-0.3, -0.25) is 4.79 Å². The molecule has 1 aliphatic heterocycles. The summed E-state index contributed by atoms with van der Waals surface area (Å²) in [7, 11) is 0. The van der Waals surface area contributed by atoms with Crippen molar-refractivity contribution in [2.24, 2.45) is 0 Å². The van der Waals surface area contributed by atoms with Crippen LogP contribution in [-0.4, -0.2) is 30.1 Å². The van der Waals surface area contributed by atoms with Crippen molar-refractivity contribution in [2.75, 3.05) is 13.2 Å². The molecule has 1 aromatic heterocycles. The van der Waals surface area contributed by atoms with E-state index in [1.807, 2.05) is 12.1 Å². The lowest BCUT2D eigenvalue weighted by Gasteiger charge is -2.10. The summed E-state index contributed by atoms with van der Waals surface area (Å²) in [5, 5.41) is 5.17. The number of nitrogens with one attached hydrogen (secondary N) is 1. The van der Waals surface area contributed by atoms with Gasteiger partial charge < -0.3 is 14.8 Å². The Bertz CT molecular complexity index is 1010. The molecule has 1 N–H and O–H groups in total. The standard InChI is InChI=1S/C22H20F2N2O3S/c23-15-8-14(9-16(24)10-15)12-29-20-6-2-1-5-18(20)22-26-19(13-30-22)21(27)25-11-17-4-3-7-28-17/h1-2,5-6,8-10,13,17H,3-4,7,11-12H2,(H,25,27). The van der Waals surface area contributed by atoms with Gasteiger partial charge in [-0.05, 0) is 42.7 Å². The number of halogens is 2. The normalized spacial score (nSPS) is 15.9. The number of thiazole rings is 1. The van der Waals surface area contributed by atoms with E-state index in [4.69, 9.17) is 9.47 Å². The zero-order valence-corrected chi connectivity index (χ0v) is 16.9. The van der Waals surface area contributed by atoms with Gasteiger partial charge in [-0.2, -0.15) is 0 Å². The van der Waals surface area contributed by atoms with Crippen LogP contribution in [0.25, 0.3) is 10.6 Å². The molecule has 0 saturated carbocycles. The fourth-order valence-corrected chi connectivity index (χ4v) is 4.06. The first-order valence-electron chi connectivity index (χ1n) is 9.61. The molecule has 1 unspecified atom stereocenters. The molecular formula is C22H20F2N2O3S. The first-order chi connectivity index (χ1) is 14.6. The molecule has 2 aromatic carbocycles. The summed E-state index contributed by atoms with van der Waals surface area (Å²) in [6, 6.07) is 10.5. The summed E-state index contributed by atoms with van der Waals surface area (Å²) in [6.07, 6.45) is 2.03. The van der Waals surface area contributed by atoms with Gasteiger partial charge in [0.1, 0.15) is 34.7 Å². The molecule has 1 amide bonds. The molecule has 0 aliphatic carbocycles. The van der Waals surface area contributed by atoms with Gasteiger partial charge in [-0.15, -0.1) is 11.3 Å². The molecule has 0 spiro atoms. The molecule has 0 radical (unpaired) electrons. The molecule has 2 heterocycles. The zero-order chi connectivity index (χ0) is 20.9. The predicted molar refractivity (Wildman–Crippen MR) is 110 cm³/mol. The molecule has 1 aliphatic rings. The van der Waals surface area contributed by atoms with E-state index < -0.39 is 11.6 Å². The largest absolute Gasteiger partial charge is 0.488 e. The van der Waals surface area contributed by atoms with E-state index in [9.17, 15) is 13.6 Å². The lowest BCUT2D eigenvalue weighted by atomic mass is 10.2. The van der Waals surface area contributed by atoms with Gasteiger partial charge in [0.2, 0.25) is 0 Å². The van der Waals surface area contributed by atoms with Crippen LogP contribution in [0.4, 0.5) is 8.78 Å². The number of hydrogen-bond donors (Lipinski definition) is 1. The second kappa shape index (κ2) is 9.32. The monoisotopic (exact) mass is 430 g/mol. The Morgan fingerprint density at radius 1 is 1.23 bits per heavy atom. The van der Waals surface area contributed by atoms with Crippen molar-refractivity contribution >= 4 is 17.2 Å². The smallest absolute Gasteiger partial charge is 0.270 e. The van der Waals surface area contributed by atoms with E-state index in [1.165, 1.54) is 23.5 Å². The van der Waals surface area contributed by atoms with Crippen molar-refractivity contribution in [3.05, 3.63) is 70.7 Å². The minimum atomic E-state index is -0.652. The number of para-hydroxylation sites is 1. The number of benzene rings is 2. The topological polar surface area (TPSA) is 60.5 Å². The SMILES string of the molecule is O=C(NCC1CCCO1)c1csc(-c2ccccc2OCc2cc(F)cc(F)c2)n1. The highest BCUT2D eigenvalue weighted by molar-refractivity contribution is 7.13. The molecular weight excluding hydrogens is 410 g/mol. The molecule has 1 atom stereocenters. The molecule has 5 nitrogen and oxygen atoms in total. The Hall–Kier alpha value is -2.84. The molecule has 1 fully saturated rings. The highest BCUT2D eigenvalue weighted by atomic mass is 32.1. The molecule has 3 aromatic rings. The number of rotatable bonds is 7. The number of ether oxygens (including phenoxy) is 2. The highest BCUT2D eigenvalue weighted by Gasteiger charge is 2.19. The Morgan fingerprint density at radius 3 is 2.80 bits per heavy atom. The zero-order valence-electron chi connectivity index (χ0n) is 16.1. The van der Waals surface area contributed by atoms with Gasteiger partial charge in [0.25, 0.3) is 5.91 Å². The van der Waals surface area contributed by atoms with Crippen LogP contribution in [0.5, 0.6) is 5.75 Å². The van der Waals surface area contributed by atoms with Crippen molar-refractivity contribution in [3.8, 4) is 16.3 Å². The second-order valence-corrected chi connectivity index (χ2v) is 7.80. The number of carbonyl (C=O) groups is 1. The van der Waals surface area contributed by atoms with E-state index in [-0.39, 0.29) is 18.6 Å². The summed E-state index contributed by atoms with van der Waals surface area (Å²) in [5.74, 6) is -1.04. The number of nitrogens with zero attached hydrogens (tertiary/aromatic N) is 1. The average molecular weight is 430 g/mol. The van der Waals surface area contributed by atoms with Crippen molar-refractivity contribution in [2.45, 2.75) is 25.6 Å². The van der Waals surface area contributed by atoms with Gasteiger partial charge >= 0.3 is 0 Å². The van der Waals surface area contributed by atoms with E-state index in [2.05, 4.69) is 10.3 Å². The van der Waals surface area contributed by atoms with Crippen LogP contribution in [0.3, 0.4) is 0 Å². The summed E-state index contributed by atoms with van der Waals surface area (Å²) in [4.78, 5) is 16.8. The van der Waals surface area contributed by atoms with Crippen LogP contribution in [-0.2, 0) is 11.3 Å². The summed E-state index contributed by atoms with van der Waals surface area (Å²) in [6.45, 7) is 1.21. The molecule has 156 valence electrons. The average Bonchev–Trinajstić information content (AvgIpc) is 3.42. The fraction of sp³-hybridized carbons (Fsp3) is 0.273. The van der Waals surface area contributed by atoms with Gasteiger partial charge in [-0.25, -0.2) is 13.8 Å². The number of hydrogen-bond acceptors (Lipinski definition) is 5. The van der Waals surface area contributed by atoms with Gasteiger partial charge in [0.05, 0.1) is 11.7 Å². The lowest BCUT2D eigenvalue weighted by Crippen LogP contribution is -2.31. The summed E-state index contributed by atoms with van der Waals surface area (Å²) >= 11 is 1.33. The van der Waals surface area contributed by atoms with Gasteiger partial charge in [-0.1, -0.05) is 12.1 Å². The summed E-state index contributed by atoms with van der Waals surface area (Å²) < 4.78 is 38.1. The molecule has 30 heavy (non-hydrogen) atoms. The number of amides is 1. The highest BCUT2D eigenvalue weighted by Crippen LogP contribution is 2.32. The quantitative estimate of drug-likeness (QED) is 0.596. The minimum Gasteiger partial charge on any atom is -0.488 e. The van der Waals surface area contributed by atoms with Crippen LogP contribution in [0.1, 0.15) is 28.9 Å². The Kier molecular flexibility index (Phi) is 6.35. The van der Waals surface area contributed by atoms with Gasteiger partial charge in [0, 0.05) is 24.6 Å². The third-order valence-corrected chi connectivity index (χ3v) is 5.56. The van der Waals surface area contributed by atoms with Crippen molar-refractivity contribution < 1.29 is 23.0 Å². The first-order valence-corrected chi connectivity index (χ1v) is 10.5. The van der Waals surface area contributed by atoms with Crippen LogP contribution in [0, 0.1) is 11.6 Å². The van der Waals surface area contributed by atoms with E-state index in [1.54, 1.807) is 17.5 Å². The van der Waals surface area contributed by atoms with Gasteiger partial charge in [0.15, 0.2) is 0 Å². The first kappa shape index (κ1) is 20.4. The van der Waals surface area contributed by atoms with Crippen LogP contribution < -0.4 is 10.1 Å². The maximum atomic E-state index is 13.4. The third-order valence-electron chi connectivity index (χ3n) is 4.69. The fourth-order valence-electron chi connectivity index (χ4n) is 3.23. The van der Waals surface area contributed by atoms with Crippen molar-refractivity contribution in [1.29, 1.82) is 0 Å². The lowest BCUT2D eigenvalue weighted by molar-refractivity contribution is 0.0854. The third kappa shape index (κ3) is 5.01. The van der Waals surface area contributed by atoms with E-state index in [0.717, 1.165) is 25.5 Å². The van der Waals surface area contributed by atoms with E-state index in [0.29, 0.717) is 34.1 Å². The van der Waals surface area contributed by atoms with Crippen LogP contribution in [0.15, 0.2) is 47.8 Å². The molecule has 8 heteroatoms. The number of aromatic nitrogens is 1. The van der Waals surface area contributed by atoms with E-state index >= 15 is 0 Å². The maximum absolute atomic E-state index is 13.4. The Labute approximate surface area is 176 Å². The molecule has 0 bridgehead atoms. The Balaban J connectivity index is 1.44. The van der Waals surface area contributed by atoms with Crippen LogP contribution >= 0.6 is 11.3 Å². The predicted octanol–water partition coefficient (Wildman–Crippen LogP) is 4.58. The van der Waals surface area contributed by atoms with Crippen molar-refractivity contribution in [3.63, 3.8) is 0 Å². The Morgan fingerprint density at radius 2 is 2.03 bits per heavy atom. The minimum absolute atomic E-state index is 0.00575. The maximum Gasteiger partial charge on any atom is 0.270 e. The van der Waals surface area contributed by atoms with Crippen molar-refractivity contribution in [1.82, 2.24) is 10.3 Å². The summed E-state index contributed by atoms with van der Waals surface area (Å²) in [5.41, 5.74) is 1.42. The number of carbonyl (C=O) groups excluding carboxylic acids is 1. The molecule has 4 rings (SSSR count).